The van der Waals surface area contributed by atoms with Crippen molar-refractivity contribution in [3.63, 3.8) is 0 Å². The zero-order chi connectivity index (χ0) is 14.9. The number of rotatable bonds is 2. The van der Waals surface area contributed by atoms with E-state index in [9.17, 15) is 0 Å². The Balaban J connectivity index is 1.75. The molecule has 21 heavy (non-hydrogen) atoms. The second-order valence-electron chi connectivity index (χ2n) is 6.56. The minimum Gasteiger partial charge on any atom is -0.497 e. The van der Waals surface area contributed by atoms with Gasteiger partial charge in [-0.3, -0.25) is 0 Å². The summed E-state index contributed by atoms with van der Waals surface area (Å²) < 4.78 is 23.2. The molecule has 0 amide bonds. The highest BCUT2D eigenvalue weighted by Crippen LogP contribution is 2.43. The van der Waals surface area contributed by atoms with Crippen LogP contribution in [0.2, 0.25) is 0 Å². The molecule has 0 N–H and O–H groups in total. The molecule has 0 unspecified atom stereocenters. The Morgan fingerprint density at radius 2 is 1.81 bits per heavy atom. The molecule has 2 heterocycles. The number of methoxy groups -OCH3 is 1. The fourth-order valence-electron chi connectivity index (χ4n) is 3.34. The normalized spacial score (nSPS) is 32.0. The van der Waals surface area contributed by atoms with E-state index >= 15 is 0 Å². The van der Waals surface area contributed by atoms with Crippen LogP contribution in [0.4, 0.5) is 0 Å². The Bertz CT molecular complexity index is 478. The van der Waals surface area contributed by atoms with E-state index in [1.54, 1.807) is 7.11 Å². The van der Waals surface area contributed by atoms with Gasteiger partial charge in [0.2, 0.25) is 0 Å². The molecule has 1 aromatic rings. The fourth-order valence-corrected chi connectivity index (χ4v) is 3.34. The van der Waals surface area contributed by atoms with Crippen LogP contribution in [-0.2, 0) is 14.2 Å². The second-order valence-corrected chi connectivity index (χ2v) is 6.56. The predicted molar refractivity (Wildman–Crippen MR) is 79.4 cm³/mol. The summed E-state index contributed by atoms with van der Waals surface area (Å²) in [7, 11) is 1.67. The van der Waals surface area contributed by atoms with E-state index in [4.69, 9.17) is 18.9 Å². The maximum absolute atomic E-state index is 6.37. The van der Waals surface area contributed by atoms with Crippen molar-refractivity contribution < 1.29 is 18.9 Å². The lowest BCUT2D eigenvalue weighted by molar-refractivity contribution is -0.293. The molecule has 4 nitrogen and oxygen atoms in total. The first kappa shape index (κ1) is 14.8. The lowest BCUT2D eigenvalue weighted by atomic mass is 9.81. The molecule has 116 valence electrons. The van der Waals surface area contributed by atoms with Crippen molar-refractivity contribution in [2.75, 3.05) is 20.3 Å². The molecule has 0 aromatic heterocycles. The quantitative estimate of drug-likeness (QED) is 0.836. The summed E-state index contributed by atoms with van der Waals surface area (Å²) in [5.74, 6) is 0.844. The van der Waals surface area contributed by atoms with Gasteiger partial charge in [0, 0.05) is 24.8 Å². The molecule has 0 radical (unpaired) electrons. The number of ether oxygens (including phenoxy) is 4. The molecular weight excluding hydrogens is 268 g/mol. The maximum atomic E-state index is 6.37. The van der Waals surface area contributed by atoms with Crippen molar-refractivity contribution in [1.29, 1.82) is 0 Å². The molecule has 0 aliphatic carbocycles. The minimum atomic E-state index is -0.293. The van der Waals surface area contributed by atoms with E-state index in [0.29, 0.717) is 0 Å². The minimum absolute atomic E-state index is 0.120. The highest BCUT2D eigenvalue weighted by atomic mass is 16.7. The van der Waals surface area contributed by atoms with Gasteiger partial charge in [-0.05, 0) is 26.0 Å². The van der Waals surface area contributed by atoms with E-state index in [1.165, 1.54) is 0 Å². The van der Waals surface area contributed by atoms with Gasteiger partial charge in [-0.25, -0.2) is 0 Å². The van der Waals surface area contributed by atoms with E-state index in [2.05, 4.69) is 13.8 Å². The molecule has 2 fully saturated rings. The number of hydrogen-bond donors (Lipinski definition) is 0. The van der Waals surface area contributed by atoms with Crippen LogP contribution in [0.5, 0.6) is 5.75 Å². The Labute approximate surface area is 126 Å². The monoisotopic (exact) mass is 292 g/mol. The average Bonchev–Trinajstić information content (AvgIpc) is 2.46. The Kier molecular flexibility index (Phi) is 3.95. The van der Waals surface area contributed by atoms with Crippen molar-refractivity contribution in [3.05, 3.63) is 29.8 Å². The first-order valence-corrected chi connectivity index (χ1v) is 7.59. The van der Waals surface area contributed by atoms with Gasteiger partial charge in [-0.2, -0.15) is 0 Å². The molecule has 3 rings (SSSR count). The van der Waals surface area contributed by atoms with Crippen molar-refractivity contribution in [2.24, 2.45) is 0 Å². The van der Waals surface area contributed by atoms with Crippen molar-refractivity contribution in [3.8, 4) is 5.75 Å². The van der Waals surface area contributed by atoms with Crippen LogP contribution >= 0.6 is 0 Å². The lowest BCUT2D eigenvalue weighted by Gasteiger charge is -2.48. The van der Waals surface area contributed by atoms with Gasteiger partial charge >= 0.3 is 0 Å². The topological polar surface area (TPSA) is 36.9 Å². The highest BCUT2D eigenvalue weighted by molar-refractivity contribution is 5.28. The van der Waals surface area contributed by atoms with Gasteiger partial charge in [0.1, 0.15) is 5.75 Å². The Morgan fingerprint density at radius 1 is 1.10 bits per heavy atom. The zero-order valence-electron chi connectivity index (χ0n) is 13.1. The summed E-state index contributed by atoms with van der Waals surface area (Å²) in [6, 6.07) is 7.90. The van der Waals surface area contributed by atoms with Gasteiger partial charge in [0.25, 0.3) is 0 Å². The third-order valence-corrected chi connectivity index (χ3v) is 4.37. The Morgan fingerprint density at radius 3 is 2.48 bits per heavy atom. The molecule has 2 aliphatic rings. The smallest absolute Gasteiger partial charge is 0.184 e. The zero-order valence-corrected chi connectivity index (χ0v) is 13.1. The maximum Gasteiger partial charge on any atom is 0.184 e. The summed E-state index contributed by atoms with van der Waals surface area (Å²) in [4.78, 5) is 0. The van der Waals surface area contributed by atoms with Gasteiger partial charge in [0.05, 0.1) is 31.5 Å². The van der Waals surface area contributed by atoms with Crippen LogP contribution in [0.15, 0.2) is 24.3 Å². The molecule has 0 saturated carbocycles. The van der Waals surface area contributed by atoms with Crippen molar-refractivity contribution in [1.82, 2.24) is 0 Å². The molecule has 2 atom stereocenters. The third kappa shape index (κ3) is 3.23. The first-order valence-electron chi connectivity index (χ1n) is 7.59. The second kappa shape index (κ2) is 5.59. The van der Waals surface area contributed by atoms with Crippen LogP contribution in [-0.4, -0.2) is 31.5 Å². The first-order chi connectivity index (χ1) is 10.0. The molecule has 0 bridgehead atoms. The van der Waals surface area contributed by atoms with Crippen molar-refractivity contribution in [2.45, 2.75) is 50.6 Å². The highest BCUT2D eigenvalue weighted by Gasteiger charge is 2.45. The predicted octanol–water partition coefficient (Wildman–Crippen LogP) is 3.46. The Hall–Kier alpha value is -1.10. The van der Waals surface area contributed by atoms with Crippen LogP contribution < -0.4 is 4.74 Å². The fraction of sp³-hybridized carbons (Fsp3) is 0.647. The van der Waals surface area contributed by atoms with E-state index in [1.807, 2.05) is 24.3 Å². The van der Waals surface area contributed by atoms with Crippen molar-refractivity contribution >= 4 is 0 Å². The van der Waals surface area contributed by atoms with Gasteiger partial charge in [0.15, 0.2) is 6.29 Å². The van der Waals surface area contributed by atoms with Crippen LogP contribution in [0, 0.1) is 0 Å². The molecular formula is C17H24O4. The van der Waals surface area contributed by atoms with E-state index in [-0.39, 0.29) is 17.5 Å². The van der Waals surface area contributed by atoms with E-state index in [0.717, 1.165) is 43.8 Å². The average molecular weight is 292 g/mol. The standard InChI is InChI=1S/C17H24O4/c1-16(2)12-17(9-11-20-16)8-10-19-15(21-17)13-4-6-14(18-3)7-5-13/h4-7,15H,8-12H2,1-3H3/t15-,17-/m0/s1. The van der Waals surface area contributed by atoms with Crippen LogP contribution in [0.1, 0.15) is 45.0 Å². The SMILES string of the molecule is COc1ccc([C@H]2OCC[C@@]3(CCOC(C)(C)C3)O2)cc1. The number of hydrogen-bond acceptors (Lipinski definition) is 4. The largest absolute Gasteiger partial charge is 0.497 e. The molecule has 2 aliphatic heterocycles. The number of benzene rings is 1. The summed E-state index contributed by atoms with van der Waals surface area (Å²) in [6.45, 7) is 5.75. The molecule has 4 heteroatoms. The van der Waals surface area contributed by atoms with E-state index < -0.39 is 0 Å². The summed E-state index contributed by atoms with van der Waals surface area (Å²) in [6.07, 6.45) is 2.49. The van der Waals surface area contributed by atoms with Gasteiger partial charge in [-0.1, -0.05) is 12.1 Å². The van der Waals surface area contributed by atoms with Crippen LogP contribution in [0.3, 0.4) is 0 Å². The van der Waals surface area contributed by atoms with Gasteiger partial charge in [-0.15, -0.1) is 0 Å². The molecule has 1 aromatic carbocycles. The van der Waals surface area contributed by atoms with Gasteiger partial charge < -0.3 is 18.9 Å². The summed E-state index contributed by atoms with van der Waals surface area (Å²) in [5.41, 5.74) is 0.796. The van der Waals surface area contributed by atoms with Crippen LogP contribution in [0.25, 0.3) is 0 Å². The molecule has 2 saturated heterocycles. The third-order valence-electron chi connectivity index (χ3n) is 4.37. The molecule has 1 spiro atoms. The lowest BCUT2D eigenvalue weighted by Crippen LogP contribution is -2.50. The summed E-state index contributed by atoms with van der Waals surface area (Å²) >= 11 is 0. The summed E-state index contributed by atoms with van der Waals surface area (Å²) in [5, 5.41) is 0.